The zero-order chi connectivity index (χ0) is 14.1. The lowest BCUT2D eigenvalue weighted by Gasteiger charge is -2.10. The van der Waals surface area contributed by atoms with Crippen LogP contribution in [0, 0.1) is 10.1 Å². The molecule has 1 rings (SSSR count). The van der Waals surface area contributed by atoms with Crippen LogP contribution in [0.2, 0.25) is 0 Å². The van der Waals surface area contributed by atoms with E-state index in [2.05, 4.69) is 9.72 Å². The predicted molar refractivity (Wildman–Crippen MR) is 44.2 cm³/mol. The van der Waals surface area contributed by atoms with Crippen LogP contribution in [-0.2, 0) is 0 Å². The normalized spacial score (nSPS) is 11.7. The Kier molecular flexibility index (Phi) is 3.53. The molecule has 0 saturated carbocycles. The van der Waals surface area contributed by atoms with Crippen molar-refractivity contribution in [2.45, 2.75) is 12.8 Å². The molecule has 1 aromatic heterocycles. The van der Waals surface area contributed by atoms with Crippen LogP contribution in [0.1, 0.15) is 12.1 Å². The van der Waals surface area contributed by atoms with Gasteiger partial charge in [-0.05, 0) is 0 Å². The Balaban J connectivity index is 3.37. The maximum atomic E-state index is 12.2. The summed E-state index contributed by atoms with van der Waals surface area (Å²) in [4.78, 5) is 11.7. The highest BCUT2D eigenvalue weighted by Gasteiger charge is 2.37. The molecule has 18 heavy (non-hydrogen) atoms. The molecule has 0 atom stereocenters. The topological polar surface area (TPSA) is 85.5 Å². The third-order valence-electron chi connectivity index (χ3n) is 1.64. The Labute approximate surface area is 94.8 Å². The molecule has 0 radical (unpaired) electrons. The van der Waals surface area contributed by atoms with Gasteiger partial charge >= 0.3 is 12.0 Å². The van der Waals surface area contributed by atoms with Crippen molar-refractivity contribution in [3.63, 3.8) is 0 Å². The van der Waals surface area contributed by atoms with Gasteiger partial charge in [0.05, 0.1) is 11.1 Å². The van der Waals surface area contributed by atoms with E-state index in [1.807, 2.05) is 0 Å². The van der Waals surface area contributed by atoms with E-state index in [9.17, 15) is 32.1 Å². The van der Waals surface area contributed by atoms with Gasteiger partial charge in [0.25, 0.3) is 6.43 Å². The lowest BCUT2D eigenvalue weighted by Crippen LogP contribution is -2.18. The minimum absolute atomic E-state index is 0.0901. The number of halogens is 5. The first-order chi connectivity index (χ1) is 8.13. The molecule has 0 unspecified atom stereocenters. The highest BCUT2D eigenvalue weighted by atomic mass is 19.4. The molecule has 0 spiro atoms. The number of ether oxygens (including phenoxy) is 1. The largest absolute Gasteiger partial charge is 0.573 e. The highest BCUT2D eigenvalue weighted by molar-refractivity contribution is 5.57. The SMILES string of the molecule is O=[N+]([O-])c1c(OC(F)(F)F)cnc(C(F)F)c1O. The minimum Gasteiger partial charge on any atom is -0.501 e. The van der Waals surface area contributed by atoms with Crippen LogP contribution in [0.4, 0.5) is 27.6 Å². The number of pyridine rings is 1. The monoisotopic (exact) mass is 274 g/mol. The number of hydrogen-bond donors (Lipinski definition) is 1. The van der Waals surface area contributed by atoms with Crippen molar-refractivity contribution in [2.24, 2.45) is 0 Å². The van der Waals surface area contributed by atoms with E-state index in [1.54, 1.807) is 0 Å². The second-order valence-corrected chi connectivity index (χ2v) is 2.81. The molecular formula is C7H3F5N2O4. The Morgan fingerprint density at radius 3 is 2.39 bits per heavy atom. The number of rotatable bonds is 3. The summed E-state index contributed by atoms with van der Waals surface area (Å²) >= 11 is 0. The molecule has 0 aliphatic heterocycles. The number of hydrogen-bond acceptors (Lipinski definition) is 5. The second kappa shape index (κ2) is 4.58. The number of nitro groups is 1. The Morgan fingerprint density at radius 1 is 1.44 bits per heavy atom. The first-order valence-electron chi connectivity index (χ1n) is 4.03. The van der Waals surface area contributed by atoms with E-state index in [0.717, 1.165) is 0 Å². The van der Waals surface area contributed by atoms with Crippen LogP contribution < -0.4 is 4.74 Å². The molecule has 0 bridgehead atoms. The Bertz CT molecular complexity index is 476. The summed E-state index contributed by atoms with van der Waals surface area (Å²) in [6.45, 7) is 0. The van der Waals surface area contributed by atoms with E-state index in [1.165, 1.54) is 0 Å². The maximum Gasteiger partial charge on any atom is 0.573 e. The van der Waals surface area contributed by atoms with Gasteiger partial charge in [-0.25, -0.2) is 13.8 Å². The molecule has 100 valence electrons. The first kappa shape index (κ1) is 13.9. The third-order valence-corrected chi connectivity index (χ3v) is 1.64. The lowest BCUT2D eigenvalue weighted by atomic mass is 10.2. The standard InChI is InChI=1S/C7H3F5N2O4/c8-6(9)3-5(15)4(14(16)17)2(1-13-3)18-7(10,11)12/h1,6,15H. The third kappa shape index (κ3) is 2.93. The summed E-state index contributed by atoms with van der Waals surface area (Å²) in [7, 11) is 0. The van der Waals surface area contributed by atoms with Gasteiger partial charge in [-0.15, -0.1) is 13.2 Å². The van der Waals surface area contributed by atoms with Gasteiger partial charge < -0.3 is 9.84 Å². The van der Waals surface area contributed by atoms with E-state index < -0.39 is 40.6 Å². The molecule has 0 aromatic carbocycles. The molecule has 0 aliphatic carbocycles. The van der Waals surface area contributed by atoms with Crippen LogP contribution in [0.5, 0.6) is 11.5 Å². The average molecular weight is 274 g/mol. The Hall–Kier alpha value is -2.20. The fraction of sp³-hybridized carbons (Fsp3) is 0.286. The Morgan fingerprint density at radius 2 is 2.00 bits per heavy atom. The summed E-state index contributed by atoms with van der Waals surface area (Å²) in [5.74, 6) is -3.15. The van der Waals surface area contributed by atoms with E-state index in [0.29, 0.717) is 0 Å². The van der Waals surface area contributed by atoms with Gasteiger partial charge in [-0.3, -0.25) is 10.1 Å². The first-order valence-corrected chi connectivity index (χ1v) is 4.03. The number of aromatic nitrogens is 1. The van der Waals surface area contributed by atoms with Gasteiger partial charge in [0, 0.05) is 0 Å². The van der Waals surface area contributed by atoms with Crippen molar-refractivity contribution in [3.05, 3.63) is 22.0 Å². The van der Waals surface area contributed by atoms with Crippen LogP contribution in [0.25, 0.3) is 0 Å². The average Bonchev–Trinajstić information content (AvgIpc) is 2.13. The van der Waals surface area contributed by atoms with E-state index >= 15 is 0 Å². The van der Waals surface area contributed by atoms with Gasteiger partial charge in [0.15, 0.2) is 5.69 Å². The zero-order valence-corrected chi connectivity index (χ0v) is 8.11. The molecule has 0 amide bonds. The van der Waals surface area contributed by atoms with Gasteiger partial charge in [0.1, 0.15) is 0 Å². The zero-order valence-electron chi connectivity index (χ0n) is 8.11. The fourth-order valence-electron chi connectivity index (χ4n) is 1.02. The molecule has 1 heterocycles. The highest BCUT2D eigenvalue weighted by Crippen LogP contribution is 2.42. The molecule has 0 aliphatic rings. The smallest absolute Gasteiger partial charge is 0.501 e. The molecule has 1 N–H and O–H groups in total. The predicted octanol–water partition coefficient (Wildman–Crippen LogP) is 2.53. The summed E-state index contributed by atoms with van der Waals surface area (Å²) in [6, 6.07) is 0. The molecule has 0 saturated heterocycles. The van der Waals surface area contributed by atoms with Crippen molar-refractivity contribution >= 4 is 5.69 Å². The minimum atomic E-state index is -5.29. The second-order valence-electron chi connectivity index (χ2n) is 2.81. The van der Waals surface area contributed by atoms with Crippen molar-refractivity contribution in [1.29, 1.82) is 0 Å². The van der Waals surface area contributed by atoms with E-state index in [-0.39, 0.29) is 6.20 Å². The van der Waals surface area contributed by atoms with Crippen LogP contribution in [-0.4, -0.2) is 21.4 Å². The summed E-state index contributed by atoms with van der Waals surface area (Å²) < 4.78 is 63.3. The quantitative estimate of drug-likeness (QED) is 0.520. The van der Waals surface area contributed by atoms with Crippen molar-refractivity contribution in [3.8, 4) is 11.5 Å². The molecular weight excluding hydrogens is 271 g/mol. The summed E-state index contributed by atoms with van der Waals surface area (Å²) in [5.41, 5.74) is -3.03. The van der Waals surface area contributed by atoms with Crippen LogP contribution in [0.3, 0.4) is 0 Å². The summed E-state index contributed by atoms with van der Waals surface area (Å²) in [5, 5.41) is 19.5. The fourth-order valence-corrected chi connectivity index (χ4v) is 1.02. The maximum absolute atomic E-state index is 12.2. The van der Waals surface area contributed by atoms with Crippen molar-refractivity contribution in [2.75, 3.05) is 0 Å². The summed E-state index contributed by atoms with van der Waals surface area (Å²) in [6.07, 6.45) is -8.58. The van der Waals surface area contributed by atoms with Gasteiger partial charge in [0.2, 0.25) is 11.5 Å². The molecule has 6 nitrogen and oxygen atoms in total. The number of alkyl halides is 5. The molecule has 11 heteroatoms. The lowest BCUT2D eigenvalue weighted by molar-refractivity contribution is -0.389. The van der Waals surface area contributed by atoms with E-state index in [4.69, 9.17) is 5.11 Å². The number of nitrogens with zero attached hydrogens (tertiary/aromatic N) is 2. The van der Waals surface area contributed by atoms with Crippen LogP contribution >= 0.6 is 0 Å². The van der Waals surface area contributed by atoms with Crippen molar-refractivity contribution in [1.82, 2.24) is 4.98 Å². The van der Waals surface area contributed by atoms with Crippen LogP contribution in [0.15, 0.2) is 6.20 Å². The van der Waals surface area contributed by atoms with Gasteiger partial charge in [-0.2, -0.15) is 0 Å². The molecule has 1 aromatic rings. The van der Waals surface area contributed by atoms with Crippen molar-refractivity contribution < 1.29 is 36.7 Å². The van der Waals surface area contributed by atoms with Gasteiger partial charge in [-0.1, -0.05) is 0 Å². The molecule has 0 fully saturated rings. The number of aromatic hydroxyl groups is 1.